The highest BCUT2D eigenvalue weighted by molar-refractivity contribution is 5.95. The number of nitrogens with zero attached hydrogens (tertiary/aromatic N) is 2. The fourth-order valence-corrected chi connectivity index (χ4v) is 6.14. The van der Waals surface area contributed by atoms with Gasteiger partial charge in [-0.15, -0.1) is 0 Å². The van der Waals surface area contributed by atoms with Gasteiger partial charge in [-0.2, -0.15) is 0 Å². The zero-order valence-electron chi connectivity index (χ0n) is 25.4. The van der Waals surface area contributed by atoms with Gasteiger partial charge < -0.3 is 34.9 Å². The van der Waals surface area contributed by atoms with E-state index in [1.165, 1.54) is 17.0 Å². The Morgan fingerprint density at radius 1 is 1.22 bits per heavy atom. The van der Waals surface area contributed by atoms with Gasteiger partial charge in [0.25, 0.3) is 0 Å². The molecule has 2 fully saturated rings. The number of carboxylic acid groups (broad SMARTS) is 1. The summed E-state index contributed by atoms with van der Waals surface area (Å²) < 4.78 is 31.6. The Bertz CT molecular complexity index is 1480. The van der Waals surface area contributed by atoms with Crippen LogP contribution in [0.2, 0.25) is 0 Å². The Morgan fingerprint density at radius 3 is 2.80 bits per heavy atom. The summed E-state index contributed by atoms with van der Waals surface area (Å²) in [5.74, 6) is -2.61. The lowest BCUT2D eigenvalue weighted by molar-refractivity contribution is -0.145. The Morgan fingerprint density at radius 2 is 2.04 bits per heavy atom. The van der Waals surface area contributed by atoms with E-state index in [0.717, 1.165) is 6.42 Å². The van der Waals surface area contributed by atoms with Crippen molar-refractivity contribution in [1.82, 2.24) is 20.5 Å². The first kappa shape index (κ1) is 32.0. The number of halogens is 1. The Labute approximate surface area is 260 Å². The SMILES string of the molecule is CCOC(=O)N[C@H]1CCCC/C=C\[C@H]2C[C@@]2(C(=O)O)NC(=O)[C@@H]2C[C@@H](Oc3cc(OCC)nc4c(F)cccc34)CN2C(=O)C1. The number of hydrogen-bond donors (Lipinski definition) is 3. The van der Waals surface area contributed by atoms with Gasteiger partial charge in [0.15, 0.2) is 0 Å². The third kappa shape index (κ3) is 7.12. The summed E-state index contributed by atoms with van der Waals surface area (Å²) in [6.45, 7) is 3.94. The molecular weight excluding hydrogens is 587 g/mol. The maximum atomic E-state index is 14.7. The van der Waals surface area contributed by atoms with Crippen molar-refractivity contribution in [1.29, 1.82) is 0 Å². The third-order valence-corrected chi connectivity index (χ3v) is 8.50. The summed E-state index contributed by atoms with van der Waals surface area (Å²) in [6, 6.07) is 4.45. The van der Waals surface area contributed by atoms with E-state index in [9.17, 15) is 28.7 Å². The fourth-order valence-electron chi connectivity index (χ4n) is 6.14. The first-order valence-electron chi connectivity index (χ1n) is 15.5. The Balaban J connectivity index is 1.44. The van der Waals surface area contributed by atoms with Crippen molar-refractivity contribution in [2.75, 3.05) is 19.8 Å². The van der Waals surface area contributed by atoms with Crippen LogP contribution in [0.5, 0.6) is 11.6 Å². The number of nitrogens with one attached hydrogen (secondary N) is 2. The normalized spacial score (nSPS) is 27.7. The van der Waals surface area contributed by atoms with Crippen LogP contribution >= 0.6 is 0 Å². The van der Waals surface area contributed by atoms with Crippen LogP contribution in [0.25, 0.3) is 10.9 Å². The number of pyridine rings is 1. The summed E-state index contributed by atoms with van der Waals surface area (Å²) in [4.78, 5) is 57.8. The number of carboxylic acids is 1. The number of amides is 3. The molecule has 12 nitrogen and oxygen atoms in total. The highest BCUT2D eigenvalue weighted by Crippen LogP contribution is 2.45. The number of hydrogen-bond acceptors (Lipinski definition) is 8. The van der Waals surface area contributed by atoms with E-state index in [-0.39, 0.29) is 55.5 Å². The summed E-state index contributed by atoms with van der Waals surface area (Å²) in [7, 11) is 0. The molecule has 3 heterocycles. The van der Waals surface area contributed by atoms with Gasteiger partial charge in [0.05, 0.1) is 19.8 Å². The molecule has 45 heavy (non-hydrogen) atoms. The number of carbonyl (C=O) groups is 4. The van der Waals surface area contributed by atoms with Crippen LogP contribution in [0.1, 0.15) is 58.8 Å². The number of fused-ring (bicyclic) bond motifs is 3. The molecule has 3 amide bonds. The second kappa shape index (κ2) is 13.7. The van der Waals surface area contributed by atoms with Crippen molar-refractivity contribution in [3.05, 3.63) is 42.2 Å². The number of benzene rings is 1. The van der Waals surface area contributed by atoms with Crippen LogP contribution in [0.3, 0.4) is 0 Å². The first-order valence-corrected chi connectivity index (χ1v) is 15.5. The lowest BCUT2D eigenvalue weighted by atomic mass is 10.0. The molecule has 5 atom stereocenters. The van der Waals surface area contributed by atoms with Crippen molar-refractivity contribution >= 4 is 34.8 Å². The van der Waals surface area contributed by atoms with E-state index in [0.29, 0.717) is 31.3 Å². The minimum atomic E-state index is -1.44. The molecular formula is C32H39FN4O8. The van der Waals surface area contributed by atoms with Crippen LogP contribution in [0.4, 0.5) is 9.18 Å². The molecule has 0 spiro atoms. The van der Waals surface area contributed by atoms with Gasteiger partial charge in [-0.05, 0) is 51.7 Å². The van der Waals surface area contributed by atoms with Crippen LogP contribution in [0, 0.1) is 11.7 Å². The Hall–Kier alpha value is -4.42. The third-order valence-electron chi connectivity index (χ3n) is 8.50. The van der Waals surface area contributed by atoms with Gasteiger partial charge in [0, 0.05) is 36.3 Å². The number of aromatic nitrogens is 1. The minimum absolute atomic E-state index is 0.00947. The molecule has 3 aliphatic rings. The number of carbonyl (C=O) groups excluding carboxylic acids is 3. The fraction of sp³-hybridized carbons (Fsp3) is 0.531. The lowest BCUT2D eigenvalue weighted by Crippen LogP contribution is -2.53. The zero-order valence-corrected chi connectivity index (χ0v) is 25.4. The summed E-state index contributed by atoms with van der Waals surface area (Å²) in [5.41, 5.74) is -1.38. The maximum Gasteiger partial charge on any atom is 0.407 e. The lowest BCUT2D eigenvalue weighted by Gasteiger charge is -2.27. The molecule has 3 N–H and O–H groups in total. The van der Waals surface area contributed by atoms with Crippen LogP contribution < -0.4 is 20.1 Å². The standard InChI is InChI=1S/C32H39FN4O8/c1-3-43-26-16-25(22-12-9-13-23(33)28(22)35-26)45-21-15-24-29(39)36-32(30(40)41)17-19(32)10-7-5-6-8-11-20(34-31(42)44-4-2)14-27(38)37(24)18-21/h7,9-10,12-13,16,19-21,24H,3-6,8,11,14-15,17-18H2,1-2H3,(H,34,42)(H,36,39)(H,40,41)/b10-7-/t19-,20-,21+,24-,32+/m0/s1. The average Bonchev–Trinajstić information content (AvgIpc) is 3.52. The van der Waals surface area contributed by atoms with E-state index in [1.807, 2.05) is 12.2 Å². The number of rotatable bonds is 7. The molecule has 1 saturated heterocycles. The maximum absolute atomic E-state index is 14.7. The molecule has 13 heteroatoms. The van der Waals surface area contributed by atoms with Crippen LogP contribution in [-0.2, 0) is 19.1 Å². The molecule has 242 valence electrons. The number of ether oxygens (including phenoxy) is 3. The molecule has 0 bridgehead atoms. The minimum Gasteiger partial charge on any atom is -0.488 e. The largest absolute Gasteiger partial charge is 0.488 e. The Kier molecular flexibility index (Phi) is 9.74. The van der Waals surface area contributed by atoms with Gasteiger partial charge in [-0.1, -0.05) is 24.6 Å². The van der Waals surface area contributed by atoms with E-state index < -0.39 is 53.4 Å². The van der Waals surface area contributed by atoms with Gasteiger partial charge in [-0.3, -0.25) is 9.59 Å². The van der Waals surface area contributed by atoms with Gasteiger partial charge in [0.1, 0.15) is 34.8 Å². The van der Waals surface area contributed by atoms with Crippen molar-refractivity contribution in [2.45, 2.75) is 82.5 Å². The number of alkyl carbamates (subject to hydrolysis) is 1. The first-order chi connectivity index (χ1) is 21.6. The van der Waals surface area contributed by atoms with Crippen LogP contribution in [0.15, 0.2) is 36.4 Å². The van der Waals surface area contributed by atoms with E-state index in [2.05, 4.69) is 15.6 Å². The van der Waals surface area contributed by atoms with Crippen molar-refractivity contribution in [2.24, 2.45) is 5.92 Å². The highest BCUT2D eigenvalue weighted by atomic mass is 19.1. The molecule has 2 aliphatic heterocycles. The quantitative estimate of drug-likeness (QED) is 0.390. The number of aliphatic carboxylic acids is 1. The average molecular weight is 627 g/mol. The second-order valence-electron chi connectivity index (χ2n) is 11.6. The van der Waals surface area contributed by atoms with E-state index in [1.54, 1.807) is 26.0 Å². The van der Waals surface area contributed by atoms with E-state index >= 15 is 0 Å². The van der Waals surface area contributed by atoms with Crippen molar-refractivity contribution in [3.63, 3.8) is 0 Å². The smallest absolute Gasteiger partial charge is 0.407 e. The topological polar surface area (TPSA) is 156 Å². The molecule has 2 aromatic rings. The molecule has 0 unspecified atom stereocenters. The zero-order chi connectivity index (χ0) is 32.1. The van der Waals surface area contributed by atoms with E-state index in [4.69, 9.17) is 14.2 Å². The second-order valence-corrected chi connectivity index (χ2v) is 11.6. The highest BCUT2D eigenvalue weighted by Gasteiger charge is 2.61. The summed E-state index contributed by atoms with van der Waals surface area (Å²) in [6.07, 6.45) is 5.36. The van der Waals surface area contributed by atoms with Crippen LogP contribution in [-0.4, -0.2) is 82.4 Å². The van der Waals surface area contributed by atoms with Gasteiger partial charge >= 0.3 is 12.1 Å². The predicted octanol–water partition coefficient (Wildman–Crippen LogP) is 3.72. The monoisotopic (exact) mass is 626 g/mol. The molecule has 1 aromatic carbocycles. The number of para-hydroxylation sites is 1. The molecule has 5 rings (SSSR count). The van der Waals surface area contributed by atoms with Gasteiger partial charge in [-0.25, -0.2) is 19.0 Å². The summed E-state index contributed by atoms with van der Waals surface area (Å²) in [5, 5.41) is 15.9. The molecule has 1 saturated carbocycles. The summed E-state index contributed by atoms with van der Waals surface area (Å²) >= 11 is 0. The predicted molar refractivity (Wildman–Crippen MR) is 160 cm³/mol. The molecule has 0 radical (unpaired) electrons. The van der Waals surface area contributed by atoms with Crippen molar-refractivity contribution in [3.8, 4) is 11.6 Å². The number of allylic oxidation sites excluding steroid dienone is 1. The van der Waals surface area contributed by atoms with Gasteiger partial charge in [0.2, 0.25) is 17.7 Å². The van der Waals surface area contributed by atoms with Crippen molar-refractivity contribution < 1.29 is 42.9 Å². The molecule has 1 aromatic heterocycles. The molecule has 1 aliphatic carbocycles.